The molecule has 2 N–H and O–H groups in total. The fraction of sp³-hybridized carbons (Fsp3) is 0.190. The zero-order valence-electron chi connectivity index (χ0n) is 16.1. The molecule has 2 amide bonds. The first-order valence-corrected chi connectivity index (χ1v) is 8.95. The molecule has 30 heavy (non-hydrogen) atoms. The van der Waals surface area contributed by atoms with Crippen molar-refractivity contribution in [2.24, 2.45) is 0 Å². The Morgan fingerprint density at radius 2 is 1.83 bits per heavy atom. The molecule has 2 rings (SSSR count). The molecule has 0 saturated carbocycles. The predicted molar refractivity (Wildman–Crippen MR) is 106 cm³/mol. The van der Waals surface area contributed by atoms with E-state index in [2.05, 4.69) is 15.4 Å². The van der Waals surface area contributed by atoms with Gasteiger partial charge in [-0.3, -0.25) is 9.59 Å². The molecule has 0 saturated heterocycles. The molecule has 0 radical (unpaired) electrons. The van der Waals surface area contributed by atoms with Gasteiger partial charge in [0.2, 0.25) is 0 Å². The number of amides is 2. The number of anilines is 1. The second-order valence-electron chi connectivity index (χ2n) is 5.88. The van der Waals surface area contributed by atoms with E-state index in [1.165, 1.54) is 36.4 Å². The summed E-state index contributed by atoms with van der Waals surface area (Å²) in [6.45, 7) is -1.16. The number of hydrogen-bond acceptors (Lipinski definition) is 5. The summed E-state index contributed by atoms with van der Waals surface area (Å²) in [6.07, 6.45) is 2.51. The van der Waals surface area contributed by atoms with E-state index >= 15 is 0 Å². The summed E-state index contributed by atoms with van der Waals surface area (Å²) in [4.78, 5) is 35.5. The standard InChI is InChI=1S/C21H20F2N2O5/c1-2-24-20(28)15-4-3-5-16(12-15)25-18(26)13-29-19(27)11-8-14-6-9-17(10-7-14)30-21(22)23/h3-12,21H,2,13H2,1H3,(H,24,28)(H,25,26)/b11-8+. The first-order chi connectivity index (χ1) is 14.4. The van der Waals surface area contributed by atoms with Crippen molar-refractivity contribution in [3.05, 3.63) is 65.7 Å². The topological polar surface area (TPSA) is 93.7 Å². The van der Waals surface area contributed by atoms with Gasteiger partial charge in [0.1, 0.15) is 5.75 Å². The van der Waals surface area contributed by atoms with Crippen LogP contribution in [0.25, 0.3) is 6.08 Å². The van der Waals surface area contributed by atoms with Crippen molar-refractivity contribution in [3.63, 3.8) is 0 Å². The van der Waals surface area contributed by atoms with Crippen molar-refractivity contribution >= 4 is 29.5 Å². The summed E-state index contributed by atoms with van der Waals surface area (Å²) in [5, 5.41) is 5.19. The maximum Gasteiger partial charge on any atom is 0.387 e. The van der Waals surface area contributed by atoms with Crippen molar-refractivity contribution in [2.45, 2.75) is 13.5 Å². The van der Waals surface area contributed by atoms with Gasteiger partial charge in [-0.1, -0.05) is 18.2 Å². The molecule has 158 valence electrons. The van der Waals surface area contributed by atoms with Gasteiger partial charge >= 0.3 is 12.6 Å². The quantitative estimate of drug-likeness (QED) is 0.482. The minimum Gasteiger partial charge on any atom is -0.452 e. The molecule has 9 heteroatoms. The third-order valence-electron chi connectivity index (χ3n) is 3.61. The number of halogens is 2. The normalized spacial score (nSPS) is 10.7. The van der Waals surface area contributed by atoms with E-state index < -0.39 is 25.1 Å². The fourth-order valence-corrected chi connectivity index (χ4v) is 2.31. The van der Waals surface area contributed by atoms with E-state index in [-0.39, 0.29) is 11.7 Å². The Balaban J connectivity index is 1.81. The Kier molecular flexibility index (Phi) is 8.49. The average molecular weight is 418 g/mol. The van der Waals surface area contributed by atoms with Gasteiger partial charge in [-0.05, 0) is 48.9 Å². The number of esters is 1. The highest BCUT2D eigenvalue weighted by Gasteiger charge is 2.09. The summed E-state index contributed by atoms with van der Waals surface area (Å²) in [5.41, 5.74) is 1.33. The van der Waals surface area contributed by atoms with Crippen LogP contribution < -0.4 is 15.4 Å². The number of nitrogens with one attached hydrogen (secondary N) is 2. The average Bonchev–Trinajstić information content (AvgIpc) is 2.72. The third-order valence-corrected chi connectivity index (χ3v) is 3.61. The monoisotopic (exact) mass is 418 g/mol. The second kappa shape index (κ2) is 11.3. The van der Waals surface area contributed by atoms with E-state index in [0.717, 1.165) is 6.08 Å². The lowest BCUT2D eigenvalue weighted by molar-refractivity contribution is -0.142. The van der Waals surface area contributed by atoms with Crippen LogP contribution in [0.5, 0.6) is 5.75 Å². The molecule has 7 nitrogen and oxygen atoms in total. The Hall–Kier alpha value is -3.75. The Morgan fingerprint density at radius 3 is 2.50 bits per heavy atom. The first kappa shape index (κ1) is 22.5. The van der Waals surface area contributed by atoms with Crippen LogP contribution in [0.15, 0.2) is 54.6 Å². The lowest BCUT2D eigenvalue weighted by Crippen LogP contribution is -2.23. The van der Waals surface area contributed by atoms with Crippen LogP contribution in [0.4, 0.5) is 14.5 Å². The van der Waals surface area contributed by atoms with Crippen molar-refractivity contribution < 1.29 is 32.6 Å². The van der Waals surface area contributed by atoms with Gasteiger partial charge in [0.05, 0.1) is 0 Å². The summed E-state index contributed by atoms with van der Waals surface area (Å²) >= 11 is 0. The first-order valence-electron chi connectivity index (χ1n) is 8.95. The summed E-state index contributed by atoms with van der Waals surface area (Å²) < 4.78 is 33.3. The maximum atomic E-state index is 12.1. The van der Waals surface area contributed by atoms with Crippen molar-refractivity contribution in [2.75, 3.05) is 18.5 Å². The van der Waals surface area contributed by atoms with Gasteiger partial charge in [0.15, 0.2) is 6.61 Å². The SMILES string of the molecule is CCNC(=O)c1cccc(NC(=O)COC(=O)/C=C/c2ccc(OC(F)F)cc2)c1. The second-order valence-corrected chi connectivity index (χ2v) is 5.88. The molecule has 0 aromatic heterocycles. The molecule has 0 fully saturated rings. The molecule has 0 heterocycles. The summed E-state index contributed by atoms with van der Waals surface area (Å²) in [5.74, 6) is -1.59. The molecule has 0 atom stereocenters. The highest BCUT2D eigenvalue weighted by atomic mass is 19.3. The van der Waals surface area contributed by atoms with E-state index in [1.54, 1.807) is 25.1 Å². The highest BCUT2D eigenvalue weighted by Crippen LogP contribution is 2.15. The fourth-order valence-electron chi connectivity index (χ4n) is 2.31. The van der Waals surface area contributed by atoms with Crippen LogP contribution in [-0.4, -0.2) is 37.5 Å². The zero-order chi connectivity index (χ0) is 21.9. The molecule has 2 aromatic rings. The third kappa shape index (κ3) is 7.70. The largest absolute Gasteiger partial charge is 0.452 e. The molecule has 0 aliphatic rings. The number of alkyl halides is 2. The van der Waals surface area contributed by atoms with Gasteiger partial charge in [-0.25, -0.2) is 4.79 Å². The van der Waals surface area contributed by atoms with E-state index in [1.807, 2.05) is 0 Å². The van der Waals surface area contributed by atoms with Crippen molar-refractivity contribution in [3.8, 4) is 5.75 Å². The molecular weight excluding hydrogens is 398 g/mol. The maximum absolute atomic E-state index is 12.1. The number of carbonyl (C=O) groups is 3. The molecule has 0 spiro atoms. The Labute approximate surface area is 171 Å². The summed E-state index contributed by atoms with van der Waals surface area (Å²) in [6, 6.07) is 12.0. The zero-order valence-corrected chi connectivity index (χ0v) is 16.1. The van der Waals surface area contributed by atoms with Gasteiger partial charge in [0.25, 0.3) is 11.8 Å². The van der Waals surface area contributed by atoms with Gasteiger partial charge in [-0.2, -0.15) is 8.78 Å². The number of rotatable bonds is 9. The van der Waals surface area contributed by atoms with Crippen molar-refractivity contribution in [1.29, 1.82) is 0 Å². The van der Waals surface area contributed by atoms with Crippen molar-refractivity contribution in [1.82, 2.24) is 5.32 Å². The van der Waals surface area contributed by atoms with Crippen LogP contribution in [-0.2, 0) is 14.3 Å². The van der Waals surface area contributed by atoms with Gasteiger partial charge < -0.3 is 20.1 Å². The highest BCUT2D eigenvalue weighted by molar-refractivity contribution is 5.98. The number of hydrogen-bond donors (Lipinski definition) is 2. The van der Waals surface area contributed by atoms with Gasteiger partial charge in [0, 0.05) is 23.9 Å². The minimum absolute atomic E-state index is 0.00218. The molecule has 2 aromatic carbocycles. The van der Waals surface area contributed by atoms with E-state index in [0.29, 0.717) is 23.4 Å². The van der Waals surface area contributed by atoms with Crippen LogP contribution in [0, 0.1) is 0 Å². The Bertz CT molecular complexity index is 914. The van der Waals surface area contributed by atoms with Crippen LogP contribution in [0.1, 0.15) is 22.8 Å². The number of ether oxygens (including phenoxy) is 2. The number of benzene rings is 2. The number of carbonyl (C=O) groups excluding carboxylic acids is 3. The molecular formula is C21H20F2N2O5. The van der Waals surface area contributed by atoms with Gasteiger partial charge in [-0.15, -0.1) is 0 Å². The lowest BCUT2D eigenvalue weighted by atomic mass is 10.2. The lowest BCUT2D eigenvalue weighted by Gasteiger charge is -2.07. The molecule has 0 aliphatic carbocycles. The smallest absolute Gasteiger partial charge is 0.387 e. The van der Waals surface area contributed by atoms with Crippen LogP contribution in [0.3, 0.4) is 0 Å². The van der Waals surface area contributed by atoms with Crippen LogP contribution in [0.2, 0.25) is 0 Å². The molecule has 0 unspecified atom stereocenters. The van der Waals surface area contributed by atoms with E-state index in [4.69, 9.17) is 4.74 Å². The molecule has 0 aliphatic heterocycles. The minimum atomic E-state index is -2.91. The molecule has 0 bridgehead atoms. The Morgan fingerprint density at radius 1 is 1.10 bits per heavy atom. The summed E-state index contributed by atoms with van der Waals surface area (Å²) in [7, 11) is 0. The van der Waals surface area contributed by atoms with E-state index in [9.17, 15) is 23.2 Å². The predicted octanol–water partition coefficient (Wildman–Crippen LogP) is 3.23. The van der Waals surface area contributed by atoms with Crippen LogP contribution >= 0.6 is 0 Å².